The van der Waals surface area contributed by atoms with E-state index in [2.05, 4.69) is 29.4 Å². The predicted octanol–water partition coefficient (Wildman–Crippen LogP) is 3.15. The van der Waals surface area contributed by atoms with Crippen molar-refractivity contribution in [3.8, 4) is 6.07 Å². The maximum Gasteiger partial charge on any atom is 0.191 e. The Hall–Kier alpha value is -1.38. The first-order valence-corrected chi connectivity index (χ1v) is 6.05. The minimum atomic E-state index is 0.644. The number of hydrogen-bond acceptors (Lipinski definition) is 5. The molecule has 0 saturated carbocycles. The Morgan fingerprint density at radius 3 is 2.87 bits per heavy atom. The summed E-state index contributed by atoms with van der Waals surface area (Å²) in [4.78, 5) is 6.88. The Labute approximate surface area is 96.2 Å². The minimum absolute atomic E-state index is 0.644. The van der Waals surface area contributed by atoms with Gasteiger partial charge in [0.2, 0.25) is 0 Å². The highest BCUT2D eigenvalue weighted by atomic mass is 32.1. The van der Waals surface area contributed by atoms with Crippen molar-refractivity contribution in [3.63, 3.8) is 0 Å². The van der Waals surface area contributed by atoms with Gasteiger partial charge < -0.3 is 4.90 Å². The van der Waals surface area contributed by atoms with Crippen LogP contribution < -0.4 is 4.90 Å². The predicted molar refractivity (Wildman–Crippen MR) is 63.9 cm³/mol. The van der Waals surface area contributed by atoms with Crippen LogP contribution in [0.1, 0.15) is 10.4 Å². The Kier molecular flexibility index (Phi) is 2.71. The number of thiophene rings is 1. The van der Waals surface area contributed by atoms with Gasteiger partial charge in [-0.2, -0.15) is 5.26 Å². The Bertz CT molecular complexity index is 507. The summed E-state index contributed by atoms with van der Waals surface area (Å²) in [5.41, 5.74) is 1.23. The first kappa shape index (κ1) is 10.1. The van der Waals surface area contributed by atoms with Gasteiger partial charge in [-0.25, -0.2) is 4.98 Å². The van der Waals surface area contributed by atoms with Crippen molar-refractivity contribution < 1.29 is 0 Å². The van der Waals surface area contributed by atoms with Crippen LogP contribution in [0.2, 0.25) is 0 Å². The zero-order valence-corrected chi connectivity index (χ0v) is 10.0. The van der Waals surface area contributed by atoms with Gasteiger partial charge in [-0.1, -0.05) is 11.3 Å². The molecule has 0 saturated heterocycles. The smallest absolute Gasteiger partial charge is 0.191 e. The number of aromatic nitrogens is 1. The maximum atomic E-state index is 8.72. The van der Waals surface area contributed by atoms with Crippen molar-refractivity contribution in [1.82, 2.24) is 4.98 Å². The van der Waals surface area contributed by atoms with Gasteiger partial charge in [-0.15, -0.1) is 11.3 Å². The van der Waals surface area contributed by atoms with E-state index in [1.807, 2.05) is 11.9 Å². The summed E-state index contributed by atoms with van der Waals surface area (Å²) in [5.74, 6) is 0. The molecule has 76 valence electrons. The first-order valence-electron chi connectivity index (χ1n) is 4.36. The van der Waals surface area contributed by atoms with E-state index in [0.29, 0.717) is 4.88 Å². The van der Waals surface area contributed by atoms with Gasteiger partial charge >= 0.3 is 0 Å². The molecule has 0 fully saturated rings. The van der Waals surface area contributed by atoms with Gasteiger partial charge in [0.25, 0.3) is 0 Å². The quantitative estimate of drug-likeness (QED) is 0.802. The zero-order chi connectivity index (χ0) is 10.8. The minimum Gasteiger partial charge on any atom is -0.312 e. The molecule has 15 heavy (non-hydrogen) atoms. The number of nitriles is 1. The molecule has 0 spiro atoms. The zero-order valence-electron chi connectivity index (χ0n) is 8.39. The Morgan fingerprint density at radius 2 is 2.33 bits per heavy atom. The molecule has 0 bridgehead atoms. The molecule has 5 heteroatoms. The molecule has 0 aliphatic heterocycles. The second kappa shape index (κ2) is 4.01. The molecule has 2 aromatic rings. The number of hydrogen-bond donors (Lipinski definition) is 0. The molecule has 0 unspecified atom stereocenters. The van der Waals surface area contributed by atoms with Gasteiger partial charge in [0, 0.05) is 7.05 Å². The van der Waals surface area contributed by atoms with Gasteiger partial charge in [0.15, 0.2) is 5.13 Å². The van der Waals surface area contributed by atoms with Crippen LogP contribution in [0.3, 0.4) is 0 Å². The number of rotatable bonds is 2. The number of nitrogens with zero attached hydrogens (tertiary/aromatic N) is 3. The summed E-state index contributed by atoms with van der Waals surface area (Å²) >= 11 is 3.09. The van der Waals surface area contributed by atoms with E-state index in [4.69, 9.17) is 5.26 Å². The highest BCUT2D eigenvalue weighted by Gasteiger charge is 2.11. The van der Waals surface area contributed by atoms with E-state index in [9.17, 15) is 0 Å². The molecule has 0 N–H and O–H groups in total. The lowest BCUT2D eigenvalue weighted by Gasteiger charge is -2.14. The summed E-state index contributed by atoms with van der Waals surface area (Å²) in [6, 6.07) is 4.17. The van der Waals surface area contributed by atoms with E-state index < -0.39 is 0 Å². The van der Waals surface area contributed by atoms with Crippen LogP contribution in [-0.4, -0.2) is 12.0 Å². The van der Waals surface area contributed by atoms with Crippen molar-refractivity contribution in [3.05, 3.63) is 28.1 Å². The monoisotopic (exact) mass is 235 g/mol. The van der Waals surface area contributed by atoms with E-state index >= 15 is 0 Å². The van der Waals surface area contributed by atoms with Crippen molar-refractivity contribution in [2.24, 2.45) is 0 Å². The molecule has 2 heterocycles. The average molecular weight is 235 g/mol. The Morgan fingerprint density at radius 1 is 1.53 bits per heavy atom. The van der Waals surface area contributed by atoms with Gasteiger partial charge in [0.1, 0.15) is 10.9 Å². The summed E-state index contributed by atoms with van der Waals surface area (Å²) in [6.07, 6.45) is 1.61. The third kappa shape index (κ3) is 1.87. The van der Waals surface area contributed by atoms with Gasteiger partial charge in [-0.05, 0) is 23.9 Å². The second-order valence-electron chi connectivity index (χ2n) is 3.09. The maximum absolute atomic E-state index is 8.72. The molecule has 2 aromatic heterocycles. The van der Waals surface area contributed by atoms with Crippen LogP contribution in [0.15, 0.2) is 17.6 Å². The fourth-order valence-electron chi connectivity index (χ4n) is 1.27. The number of thiazole rings is 1. The number of anilines is 2. The third-order valence-corrected chi connectivity index (χ3v) is 4.10. The topological polar surface area (TPSA) is 39.9 Å². The standard InChI is InChI=1S/C10H9N3S2/c1-7-3-4-14-9(7)13(2)10-12-6-8(5-11)15-10/h3-4,6H,1-2H3. The van der Waals surface area contributed by atoms with Crippen LogP contribution in [0.4, 0.5) is 10.1 Å². The van der Waals surface area contributed by atoms with Gasteiger partial charge in [0.05, 0.1) is 11.2 Å². The largest absolute Gasteiger partial charge is 0.312 e. The van der Waals surface area contributed by atoms with Crippen LogP contribution in [0.25, 0.3) is 0 Å². The number of aryl methyl sites for hydroxylation is 1. The summed E-state index contributed by atoms with van der Waals surface area (Å²) in [5, 5.41) is 12.8. The molecule has 3 nitrogen and oxygen atoms in total. The van der Waals surface area contributed by atoms with Crippen LogP contribution in [-0.2, 0) is 0 Å². The lowest BCUT2D eigenvalue weighted by atomic mass is 10.3. The summed E-state index contributed by atoms with van der Waals surface area (Å²) < 4.78 is 0. The second-order valence-corrected chi connectivity index (χ2v) is 4.99. The van der Waals surface area contributed by atoms with E-state index in [1.165, 1.54) is 21.9 Å². The molecular weight excluding hydrogens is 226 g/mol. The molecular formula is C10H9N3S2. The van der Waals surface area contributed by atoms with Crippen molar-refractivity contribution >= 4 is 32.8 Å². The van der Waals surface area contributed by atoms with E-state index in [1.54, 1.807) is 17.5 Å². The molecule has 0 aromatic carbocycles. The fraction of sp³-hybridized carbons (Fsp3) is 0.200. The molecule has 0 aliphatic rings. The molecule has 0 amide bonds. The lowest BCUT2D eigenvalue weighted by Crippen LogP contribution is -2.07. The Balaban J connectivity index is 2.33. The van der Waals surface area contributed by atoms with Crippen LogP contribution >= 0.6 is 22.7 Å². The SMILES string of the molecule is Cc1ccsc1N(C)c1ncc(C#N)s1. The normalized spacial score (nSPS) is 9.93. The molecule has 0 atom stereocenters. The third-order valence-electron chi connectivity index (χ3n) is 2.03. The lowest BCUT2D eigenvalue weighted by molar-refractivity contribution is 1.18. The highest BCUT2D eigenvalue weighted by Crippen LogP contribution is 2.33. The average Bonchev–Trinajstić information content (AvgIpc) is 2.84. The molecule has 0 radical (unpaired) electrons. The van der Waals surface area contributed by atoms with Crippen molar-refractivity contribution in [1.29, 1.82) is 5.26 Å². The van der Waals surface area contributed by atoms with E-state index in [0.717, 1.165) is 5.13 Å². The molecule has 0 aliphatic carbocycles. The van der Waals surface area contributed by atoms with Crippen LogP contribution in [0.5, 0.6) is 0 Å². The summed E-state index contributed by atoms with van der Waals surface area (Å²) in [6.45, 7) is 2.07. The highest BCUT2D eigenvalue weighted by molar-refractivity contribution is 7.17. The molecule has 2 rings (SSSR count). The van der Waals surface area contributed by atoms with Gasteiger partial charge in [-0.3, -0.25) is 0 Å². The van der Waals surface area contributed by atoms with E-state index in [-0.39, 0.29) is 0 Å². The summed E-state index contributed by atoms with van der Waals surface area (Å²) in [7, 11) is 1.97. The van der Waals surface area contributed by atoms with Crippen molar-refractivity contribution in [2.45, 2.75) is 6.92 Å². The van der Waals surface area contributed by atoms with Crippen LogP contribution in [0, 0.1) is 18.3 Å². The van der Waals surface area contributed by atoms with Crippen molar-refractivity contribution in [2.75, 3.05) is 11.9 Å². The first-order chi connectivity index (χ1) is 7.22. The fourth-order valence-corrected chi connectivity index (χ4v) is 2.91.